The van der Waals surface area contributed by atoms with Crippen LogP contribution in [-0.2, 0) is 6.18 Å². The highest BCUT2D eigenvalue weighted by Gasteiger charge is 2.32. The van der Waals surface area contributed by atoms with Crippen LogP contribution in [0.3, 0.4) is 0 Å². The summed E-state index contributed by atoms with van der Waals surface area (Å²) < 4.78 is 37.3. The van der Waals surface area contributed by atoms with Crippen LogP contribution in [0.25, 0.3) is 11.3 Å². The van der Waals surface area contributed by atoms with Gasteiger partial charge in [-0.1, -0.05) is 0 Å². The predicted molar refractivity (Wildman–Crippen MR) is 79.0 cm³/mol. The van der Waals surface area contributed by atoms with Gasteiger partial charge in [0.1, 0.15) is 11.4 Å². The number of amides is 1. The minimum absolute atomic E-state index is 0.144. The van der Waals surface area contributed by atoms with Gasteiger partial charge in [-0.3, -0.25) is 14.9 Å². The summed E-state index contributed by atoms with van der Waals surface area (Å²) in [6, 6.07) is 6.96. The van der Waals surface area contributed by atoms with Gasteiger partial charge >= 0.3 is 6.18 Å². The molecule has 3 aromatic rings. The Morgan fingerprint density at radius 3 is 2.62 bits per heavy atom. The van der Waals surface area contributed by atoms with Gasteiger partial charge in [-0.2, -0.15) is 18.3 Å². The van der Waals surface area contributed by atoms with Crippen LogP contribution in [0, 0.1) is 0 Å². The second-order valence-corrected chi connectivity index (χ2v) is 4.79. The number of alkyl halides is 3. The molecule has 0 saturated carbocycles. The molecule has 0 saturated heterocycles. The van der Waals surface area contributed by atoms with Gasteiger partial charge in [0.15, 0.2) is 0 Å². The van der Waals surface area contributed by atoms with E-state index in [2.05, 4.69) is 25.5 Å². The molecule has 6 nitrogen and oxygen atoms in total. The lowest BCUT2D eigenvalue weighted by Crippen LogP contribution is -2.13. The van der Waals surface area contributed by atoms with Crippen molar-refractivity contribution < 1.29 is 18.0 Å². The average molecular weight is 333 g/mol. The Labute approximate surface area is 133 Å². The second-order valence-electron chi connectivity index (χ2n) is 4.79. The van der Waals surface area contributed by atoms with Gasteiger partial charge < -0.3 is 5.32 Å². The van der Waals surface area contributed by atoms with E-state index in [0.717, 1.165) is 23.9 Å². The minimum atomic E-state index is -4.52. The van der Waals surface area contributed by atoms with E-state index in [4.69, 9.17) is 0 Å². The summed E-state index contributed by atoms with van der Waals surface area (Å²) >= 11 is 0. The van der Waals surface area contributed by atoms with E-state index < -0.39 is 17.8 Å². The maximum absolute atomic E-state index is 12.4. The van der Waals surface area contributed by atoms with E-state index in [-0.39, 0.29) is 11.4 Å². The number of rotatable bonds is 3. The third-order valence-electron chi connectivity index (χ3n) is 3.09. The first kappa shape index (κ1) is 15.7. The fraction of sp³-hybridized carbons (Fsp3) is 0.0667. The largest absolute Gasteiger partial charge is 0.433 e. The first-order valence-corrected chi connectivity index (χ1v) is 6.74. The van der Waals surface area contributed by atoms with Crippen molar-refractivity contribution in [2.24, 2.45) is 0 Å². The molecule has 3 rings (SSSR count). The minimum Gasteiger partial charge on any atom is -0.319 e. The number of hydrogen-bond donors (Lipinski definition) is 2. The zero-order valence-corrected chi connectivity index (χ0v) is 12.0. The Kier molecular flexibility index (Phi) is 3.98. The van der Waals surface area contributed by atoms with Crippen LogP contribution in [0.1, 0.15) is 16.2 Å². The number of hydrogen-bond acceptors (Lipinski definition) is 4. The molecule has 0 bridgehead atoms. The number of nitrogens with zero attached hydrogens (tertiary/aromatic N) is 3. The molecule has 24 heavy (non-hydrogen) atoms. The van der Waals surface area contributed by atoms with Crippen molar-refractivity contribution in [2.45, 2.75) is 6.18 Å². The molecule has 0 aliphatic carbocycles. The van der Waals surface area contributed by atoms with Crippen molar-refractivity contribution in [3.63, 3.8) is 0 Å². The zero-order chi connectivity index (χ0) is 17.2. The highest BCUT2D eigenvalue weighted by Crippen LogP contribution is 2.27. The summed E-state index contributed by atoms with van der Waals surface area (Å²) in [6.45, 7) is 0. The molecule has 0 aliphatic heterocycles. The maximum Gasteiger partial charge on any atom is 0.433 e. The van der Waals surface area contributed by atoms with Crippen LogP contribution in [0.5, 0.6) is 0 Å². The van der Waals surface area contributed by atoms with Crippen LogP contribution in [0.2, 0.25) is 0 Å². The van der Waals surface area contributed by atoms with E-state index >= 15 is 0 Å². The van der Waals surface area contributed by atoms with Gasteiger partial charge in [0, 0.05) is 18.0 Å². The fourth-order valence-corrected chi connectivity index (χ4v) is 1.93. The standard InChI is InChI=1S/C15H10F3N5O/c16-15(17,18)13-4-3-10(8-20-13)21-14(24)12-6-11(22-23-12)9-2-1-5-19-7-9/h1-8H,(H,21,24)(H,22,23). The number of anilines is 1. The SMILES string of the molecule is O=C(Nc1ccc(C(F)(F)F)nc1)c1cc(-c2cccnc2)n[nH]1. The summed E-state index contributed by atoms with van der Waals surface area (Å²) in [5.41, 5.74) is 0.531. The van der Waals surface area contributed by atoms with E-state index in [1.54, 1.807) is 24.5 Å². The molecule has 1 amide bonds. The number of pyridine rings is 2. The molecule has 0 fully saturated rings. The van der Waals surface area contributed by atoms with Crippen molar-refractivity contribution in [3.05, 3.63) is 60.3 Å². The molecule has 0 spiro atoms. The Bertz CT molecular complexity index is 844. The summed E-state index contributed by atoms with van der Waals surface area (Å²) in [5.74, 6) is -0.542. The maximum atomic E-state index is 12.4. The summed E-state index contributed by atoms with van der Waals surface area (Å²) in [4.78, 5) is 19.3. The van der Waals surface area contributed by atoms with E-state index in [9.17, 15) is 18.0 Å². The van der Waals surface area contributed by atoms with Gasteiger partial charge in [-0.25, -0.2) is 4.98 Å². The highest BCUT2D eigenvalue weighted by atomic mass is 19.4. The van der Waals surface area contributed by atoms with Crippen LogP contribution in [0.4, 0.5) is 18.9 Å². The molecule has 3 aromatic heterocycles. The number of H-pyrrole nitrogens is 1. The van der Waals surface area contributed by atoms with E-state index in [1.165, 1.54) is 6.07 Å². The van der Waals surface area contributed by atoms with Gasteiger partial charge in [-0.05, 0) is 30.3 Å². The summed E-state index contributed by atoms with van der Waals surface area (Å²) in [6.07, 6.45) is -0.372. The molecule has 3 heterocycles. The molecule has 9 heteroatoms. The van der Waals surface area contributed by atoms with Gasteiger partial charge in [0.05, 0.1) is 17.6 Å². The quantitative estimate of drug-likeness (QED) is 0.771. The van der Waals surface area contributed by atoms with Gasteiger partial charge in [-0.15, -0.1) is 0 Å². The van der Waals surface area contributed by atoms with Crippen molar-refractivity contribution in [2.75, 3.05) is 5.32 Å². The monoisotopic (exact) mass is 333 g/mol. The first-order chi connectivity index (χ1) is 11.4. The molecule has 0 aromatic carbocycles. The van der Waals surface area contributed by atoms with Gasteiger partial charge in [0.2, 0.25) is 0 Å². The van der Waals surface area contributed by atoms with Crippen molar-refractivity contribution in [3.8, 4) is 11.3 Å². The summed E-state index contributed by atoms with van der Waals surface area (Å²) in [5, 5.41) is 9.02. The lowest BCUT2D eigenvalue weighted by molar-refractivity contribution is -0.141. The number of carbonyl (C=O) groups is 1. The lowest BCUT2D eigenvalue weighted by atomic mass is 10.2. The lowest BCUT2D eigenvalue weighted by Gasteiger charge is -2.07. The molecular formula is C15H10F3N5O. The van der Waals surface area contributed by atoms with Crippen LogP contribution >= 0.6 is 0 Å². The molecule has 0 aliphatic rings. The van der Waals surface area contributed by atoms with Crippen molar-refractivity contribution >= 4 is 11.6 Å². The molecule has 122 valence electrons. The van der Waals surface area contributed by atoms with Crippen LogP contribution in [-0.4, -0.2) is 26.1 Å². The molecule has 2 N–H and O–H groups in total. The molecule has 0 unspecified atom stereocenters. The topological polar surface area (TPSA) is 83.6 Å². The van der Waals surface area contributed by atoms with E-state index in [1.807, 2.05) is 0 Å². The summed E-state index contributed by atoms with van der Waals surface area (Å²) in [7, 11) is 0. The Morgan fingerprint density at radius 2 is 2.00 bits per heavy atom. The fourth-order valence-electron chi connectivity index (χ4n) is 1.93. The van der Waals surface area contributed by atoms with Crippen LogP contribution in [0.15, 0.2) is 48.9 Å². The molecule has 0 atom stereocenters. The number of nitrogens with one attached hydrogen (secondary N) is 2. The smallest absolute Gasteiger partial charge is 0.319 e. The average Bonchev–Trinajstić information content (AvgIpc) is 3.05. The molecule has 0 radical (unpaired) electrons. The second kappa shape index (κ2) is 6.11. The van der Waals surface area contributed by atoms with Crippen molar-refractivity contribution in [1.82, 2.24) is 20.2 Å². The Morgan fingerprint density at radius 1 is 1.17 bits per heavy atom. The molecular weight excluding hydrogens is 323 g/mol. The van der Waals surface area contributed by atoms with Gasteiger partial charge in [0.25, 0.3) is 5.91 Å². The number of aromatic amines is 1. The Hall–Kier alpha value is -3.23. The van der Waals surface area contributed by atoms with Crippen LogP contribution < -0.4 is 5.32 Å². The van der Waals surface area contributed by atoms with Crippen molar-refractivity contribution in [1.29, 1.82) is 0 Å². The highest BCUT2D eigenvalue weighted by molar-refractivity contribution is 6.03. The first-order valence-electron chi connectivity index (χ1n) is 6.74. The van der Waals surface area contributed by atoms with E-state index in [0.29, 0.717) is 5.69 Å². The number of halogens is 3. The third-order valence-corrected chi connectivity index (χ3v) is 3.09. The zero-order valence-electron chi connectivity index (χ0n) is 12.0. The normalized spacial score (nSPS) is 11.3. The number of carbonyl (C=O) groups excluding carboxylic acids is 1. The Balaban J connectivity index is 1.73. The number of aromatic nitrogens is 4. The third kappa shape index (κ3) is 3.40. The predicted octanol–water partition coefficient (Wildman–Crippen LogP) is 3.14.